The summed E-state index contributed by atoms with van der Waals surface area (Å²) in [6.45, 7) is 2.04. The number of amides is 1. The van der Waals surface area contributed by atoms with E-state index in [4.69, 9.17) is 0 Å². The summed E-state index contributed by atoms with van der Waals surface area (Å²) in [6, 6.07) is 13.2. The van der Waals surface area contributed by atoms with Crippen LogP contribution in [0.1, 0.15) is 19.0 Å². The molecule has 1 N–H and O–H groups in total. The first kappa shape index (κ1) is 17.9. The lowest BCUT2D eigenvalue weighted by Gasteiger charge is -2.30. The van der Waals surface area contributed by atoms with Gasteiger partial charge >= 0.3 is 0 Å². The molecule has 2 aromatic rings. The first-order valence-electron chi connectivity index (χ1n) is 7.65. The van der Waals surface area contributed by atoms with Crippen LogP contribution < -0.4 is 9.62 Å². The van der Waals surface area contributed by atoms with Gasteiger partial charge in [-0.15, -0.1) is 0 Å². The van der Waals surface area contributed by atoms with Crippen molar-refractivity contribution in [3.63, 3.8) is 0 Å². The van der Waals surface area contributed by atoms with Crippen LogP contribution in [0.4, 0.5) is 5.69 Å². The molecule has 0 aliphatic heterocycles. The summed E-state index contributed by atoms with van der Waals surface area (Å²) in [7, 11) is -3.60. The molecule has 0 saturated carbocycles. The normalized spacial score (nSPS) is 12.4. The highest BCUT2D eigenvalue weighted by atomic mass is 32.2. The van der Waals surface area contributed by atoms with Gasteiger partial charge in [-0.1, -0.05) is 31.2 Å². The quantitative estimate of drug-likeness (QED) is 0.830. The van der Waals surface area contributed by atoms with Crippen LogP contribution in [-0.2, 0) is 21.4 Å². The van der Waals surface area contributed by atoms with Crippen LogP contribution in [-0.4, -0.2) is 31.6 Å². The third-order valence-electron chi connectivity index (χ3n) is 3.51. The minimum absolute atomic E-state index is 0.253. The molecule has 128 valence electrons. The molecule has 1 heterocycles. The van der Waals surface area contributed by atoms with Gasteiger partial charge in [0.25, 0.3) is 0 Å². The lowest BCUT2D eigenvalue weighted by molar-refractivity contribution is -0.122. The van der Waals surface area contributed by atoms with E-state index < -0.39 is 16.1 Å². The number of aromatic nitrogens is 1. The van der Waals surface area contributed by atoms with Crippen LogP contribution in [0.2, 0.25) is 0 Å². The van der Waals surface area contributed by atoms with Crippen molar-refractivity contribution in [2.24, 2.45) is 0 Å². The van der Waals surface area contributed by atoms with Crippen molar-refractivity contribution in [3.05, 3.63) is 60.4 Å². The molecule has 0 bridgehead atoms. The molecular formula is C17H21N3O3S. The monoisotopic (exact) mass is 347 g/mol. The van der Waals surface area contributed by atoms with Gasteiger partial charge in [0, 0.05) is 6.20 Å². The Morgan fingerprint density at radius 2 is 1.83 bits per heavy atom. The van der Waals surface area contributed by atoms with Crippen molar-refractivity contribution in [2.45, 2.75) is 25.9 Å². The molecule has 1 amide bonds. The van der Waals surface area contributed by atoms with Gasteiger partial charge in [-0.2, -0.15) is 0 Å². The van der Waals surface area contributed by atoms with Gasteiger partial charge in [-0.25, -0.2) is 8.42 Å². The molecule has 1 aromatic heterocycles. The molecule has 0 spiro atoms. The summed E-state index contributed by atoms with van der Waals surface area (Å²) in [6.07, 6.45) is 3.11. The Morgan fingerprint density at radius 3 is 2.38 bits per heavy atom. The number of nitrogens with one attached hydrogen (secondary N) is 1. The van der Waals surface area contributed by atoms with Crippen LogP contribution in [0.5, 0.6) is 0 Å². The molecule has 2 rings (SSSR count). The molecule has 1 aromatic carbocycles. The Balaban J connectivity index is 2.21. The smallest absolute Gasteiger partial charge is 0.244 e. The predicted molar refractivity (Wildman–Crippen MR) is 93.9 cm³/mol. The number of nitrogens with zero attached hydrogens (tertiary/aromatic N) is 2. The Labute approximate surface area is 142 Å². The van der Waals surface area contributed by atoms with Crippen molar-refractivity contribution < 1.29 is 13.2 Å². The average molecular weight is 347 g/mol. The maximum Gasteiger partial charge on any atom is 0.244 e. The molecule has 0 fully saturated rings. The summed E-state index contributed by atoms with van der Waals surface area (Å²) in [5, 5.41) is 2.76. The zero-order valence-electron chi connectivity index (χ0n) is 13.7. The molecule has 1 unspecified atom stereocenters. The maximum atomic E-state index is 12.6. The summed E-state index contributed by atoms with van der Waals surface area (Å²) in [5.41, 5.74) is 1.19. The second-order valence-corrected chi connectivity index (χ2v) is 7.22. The van der Waals surface area contributed by atoms with Crippen molar-refractivity contribution >= 4 is 21.6 Å². The zero-order valence-corrected chi connectivity index (χ0v) is 14.5. The van der Waals surface area contributed by atoms with E-state index in [1.54, 1.807) is 55.6 Å². The van der Waals surface area contributed by atoms with Crippen molar-refractivity contribution in [1.82, 2.24) is 10.3 Å². The van der Waals surface area contributed by atoms with E-state index in [-0.39, 0.29) is 12.5 Å². The van der Waals surface area contributed by atoms with Gasteiger partial charge in [0.05, 0.1) is 24.2 Å². The maximum absolute atomic E-state index is 12.6. The first-order valence-corrected chi connectivity index (χ1v) is 9.50. The molecule has 6 nitrogen and oxygen atoms in total. The van der Waals surface area contributed by atoms with Crippen molar-refractivity contribution in [1.29, 1.82) is 0 Å². The zero-order chi connectivity index (χ0) is 17.6. The van der Waals surface area contributed by atoms with Gasteiger partial charge in [0.2, 0.25) is 15.9 Å². The van der Waals surface area contributed by atoms with E-state index >= 15 is 0 Å². The summed E-state index contributed by atoms with van der Waals surface area (Å²) in [4.78, 5) is 16.7. The van der Waals surface area contributed by atoms with Gasteiger partial charge in [0.15, 0.2) is 0 Å². The molecule has 0 aliphatic rings. The van der Waals surface area contributed by atoms with E-state index in [9.17, 15) is 13.2 Å². The molecule has 1 atom stereocenters. The highest BCUT2D eigenvalue weighted by molar-refractivity contribution is 7.92. The number of benzene rings is 1. The molecule has 0 radical (unpaired) electrons. The molecular weight excluding hydrogens is 326 g/mol. The topological polar surface area (TPSA) is 79.4 Å². The number of carbonyl (C=O) groups is 1. The van der Waals surface area contributed by atoms with Crippen LogP contribution >= 0.6 is 0 Å². The van der Waals surface area contributed by atoms with Crippen molar-refractivity contribution in [3.8, 4) is 0 Å². The SMILES string of the molecule is CCC(C(=O)NCc1ccccn1)N(c1ccccc1)S(C)(=O)=O. The van der Waals surface area contributed by atoms with Crippen molar-refractivity contribution in [2.75, 3.05) is 10.6 Å². The summed E-state index contributed by atoms with van der Waals surface area (Å²) < 4.78 is 25.7. The van der Waals surface area contributed by atoms with Gasteiger partial charge in [-0.05, 0) is 30.7 Å². The van der Waals surface area contributed by atoms with Crippen LogP contribution in [0.3, 0.4) is 0 Å². The van der Waals surface area contributed by atoms with Crippen LogP contribution in [0.25, 0.3) is 0 Å². The number of sulfonamides is 1. The van der Waals surface area contributed by atoms with Crippen LogP contribution in [0, 0.1) is 0 Å². The van der Waals surface area contributed by atoms with E-state index in [1.165, 1.54) is 4.31 Å². The Morgan fingerprint density at radius 1 is 1.17 bits per heavy atom. The van der Waals surface area contributed by atoms with E-state index in [0.29, 0.717) is 17.8 Å². The summed E-state index contributed by atoms with van der Waals surface area (Å²) >= 11 is 0. The first-order chi connectivity index (χ1) is 11.4. The number of anilines is 1. The summed E-state index contributed by atoms with van der Waals surface area (Å²) in [5.74, 6) is -0.350. The lowest BCUT2D eigenvalue weighted by Crippen LogP contribution is -2.49. The molecule has 24 heavy (non-hydrogen) atoms. The number of hydrogen-bond acceptors (Lipinski definition) is 4. The van der Waals surface area contributed by atoms with Gasteiger partial charge < -0.3 is 5.32 Å². The highest BCUT2D eigenvalue weighted by Crippen LogP contribution is 2.22. The molecule has 0 aliphatic carbocycles. The fourth-order valence-electron chi connectivity index (χ4n) is 2.43. The Bertz CT molecular complexity index is 764. The van der Waals surface area contributed by atoms with Gasteiger partial charge in [0.1, 0.15) is 6.04 Å². The molecule has 0 saturated heterocycles. The van der Waals surface area contributed by atoms with Crippen LogP contribution in [0.15, 0.2) is 54.7 Å². The fourth-order valence-corrected chi connectivity index (χ4v) is 3.65. The Hall–Kier alpha value is -2.41. The second kappa shape index (κ2) is 7.92. The number of pyridine rings is 1. The third-order valence-corrected chi connectivity index (χ3v) is 4.69. The fraction of sp³-hybridized carbons (Fsp3) is 0.294. The standard InChI is InChI=1S/C17H21N3O3S/c1-3-16(17(21)19-13-14-9-7-8-12-18-14)20(24(2,22)23)15-10-5-4-6-11-15/h4-12,16H,3,13H2,1-2H3,(H,19,21). The minimum Gasteiger partial charge on any atom is -0.349 e. The highest BCUT2D eigenvalue weighted by Gasteiger charge is 2.31. The number of hydrogen-bond donors (Lipinski definition) is 1. The average Bonchev–Trinajstić information content (AvgIpc) is 2.58. The second-order valence-electron chi connectivity index (χ2n) is 5.36. The Kier molecular flexibility index (Phi) is 5.92. The molecule has 7 heteroatoms. The van der Waals surface area contributed by atoms with E-state index in [2.05, 4.69) is 10.3 Å². The number of para-hydroxylation sites is 1. The number of rotatable bonds is 7. The largest absolute Gasteiger partial charge is 0.349 e. The number of carbonyl (C=O) groups excluding carboxylic acids is 1. The predicted octanol–water partition coefficient (Wildman–Crippen LogP) is 1.94. The van der Waals surface area contributed by atoms with E-state index in [1.807, 2.05) is 6.07 Å². The minimum atomic E-state index is -3.60. The van der Waals surface area contributed by atoms with Gasteiger partial charge in [-0.3, -0.25) is 14.1 Å². The lowest BCUT2D eigenvalue weighted by atomic mass is 10.2. The van der Waals surface area contributed by atoms with E-state index in [0.717, 1.165) is 6.26 Å². The third kappa shape index (κ3) is 4.55.